The highest BCUT2D eigenvalue weighted by Gasteiger charge is 2.00. The zero-order valence-electron chi connectivity index (χ0n) is 5.22. The molecule has 0 aromatic rings. The number of dihydropyridines is 1. The Labute approximate surface area is 54.4 Å². The van der Waals surface area contributed by atoms with Gasteiger partial charge in [0.25, 0.3) is 0 Å². The largest absolute Gasteiger partial charge is 0.399 e. The van der Waals surface area contributed by atoms with Crippen LogP contribution in [0.5, 0.6) is 0 Å². The first-order valence-electron chi connectivity index (χ1n) is 2.93. The van der Waals surface area contributed by atoms with Gasteiger partial charge in [-0.15, -0.1) is 0 Å². The van der Waals surface area contributed by atoms with E-state index >= 15 is 0 Å². The summed E-state index contributed by atoms with van der Waals surface area (Å²) < 4.78 is 0. The summed E-state index contributed by atoms with van der Waals surface area (Å²) in [5.74, 6) is 0. The molecule has 9 heavy (non-hydrogen) atoms. The number of hydrogen-bond donors (Lipinski definition) is 3. The lowest BCUT2D eigenvalue weighted by molar-refractivity contribution is 0.912. The number of nitrogens with one attached hydrogen (secondary N) is 1. The van der Waals surface area contributed by atoms with E-state index in [1.54, 1.807) is 0 Å². The van der Waals surface area contributed by atoms with Crippen molar-refractivity contribution in [2.45, 2.75) is 0 Å². The van der Waals surface area contributed by atoms with E-state index in [2.05, 4.69) is 5.32 Å². The monoisotopic (exact) mass is 125 g/mol. The summed E-state index contributed by atoms with van der Waals surface area (Å²) in [6, 6.07) is 0. The van der Waals surface area contributed by atoms with E-state index in [-0.39, 0.29) is 0 Å². The predicted octanol–water partition coefficient (Wildman–Crippen LogP) is -0.725. The average molecular weight is 125 g/mol. The van der Waals surface area contributed by atoms with Gasteiger partial charge in [0.1, 0.15) is 0 Å². The average Bonchev–Trinajstić information content (AvgIpc) is 1.89. The van der Waals surface area contributed by atoms with E-state index in [1.807, 2.05) is 12.3 Å². The van der Waals surface area contributed by atoms with E-state index in [0.717, 1.165) is 17.8 Å². The number of nitrogens with two attached hydrogens (primary N) is 2. The van der Waals surface area contributed by atoms with Crippen molar-refractivity contribution < 1.29 is 0 Å². The fraction of sp³-hybridized carbons (Fsp3) is 0.333. The Morgan fingerprint density at radius 2 is 2.44 bits per heavy atom. The van der Waals surface area contributed by atoms with Crippen molar-refractivity contribution in [3.05, 3.63) is 23.5 Å². The van der Waals surface area contributed by atoms with Gasteiger partial charge in [0.05, 0.1) is 0 Å². The lowest BCUT2D eigenvalue weighted by Gasteiger charge is -2.10. The maximum absolute atomic E-state index is 5.56. The molecular weight excluding hydrogens is 114 g/mol. The molecular formula is C6H11N3. The maximum atomic E-state index is 5.56. The topological polar surface area (TPSA) is 64.1 Å². The van der Waals surface area contributed by atoms with Crippen molar-refractivity contribution in [1.82, 2.24) is 5.32 Å². The van der Waals surface area contributed by atoms with Gasteiger partial charge in [-0.1, -0.05) is 0 Å². The van der Waals surface area contributed by atoms with Gasteiger partial charge in [-0.3, -0.25) is 0 Å². The van der Waals surface area contributed by atoms with Gasteiger partial charge in [0.2, 0.25) is 0 Å². The van der Waals surface area contributed by atoms with Crippen LogP contribution < -0.4 is 16.8 Å². The molecule has 3 nitrogen and oxygen atoms in total. The molecule has 0 aliphatic carbocycles. The molecule has 3 heteroatoms. The normalized spacial score (nSPS) is 17.9. The van der Waals surface area contributed by atoms with E-state index < -0.39 is 0 Å². The van der Waals surface area contributed by atoms with Gasteiger partial charge in [0.15, 0.2) is 0 Å². The van der Waals surface area contributed by atoms with Crippen LogP contribution in [0.3, 0.4) is 0 Å². The van der Waals surface area contributed by atoms with Crippen molar-refractivity contribution in [1.29, 1.82) is 0 Å². The molecule has 5 N–H and O–H groups in total. The van der Waals surface area contributed by atoms with Gasteiger partial charge >= 0.3 is 0 Å². The fourth-order valence-electron chi connectivity index (χ4n) is 0.742. The molecule has 0 fully saturated rings. The SMILES string of the molecule is NCC1=CNCC=C1N. The van der Waals surface area contributed by atoms with Gasteiger partial charge in [-0.25, -0.2) is 0 Å². The minimum atomic E-state index is 0.509. The second-order valence-electron chi connectivity index (χ2n) is 1.94. The summed E-state index contributed by atoms with van der Waals surface area (Å²) in [5.41, 5.74) is 12.7. The quantitative estimate of drug-likeness (QED) is 0.433. The third-order valence-electron chi connectivity index (χ3n) is 1.31. The van der Waals surface area contributed by atoms with Crippen molar-refractivity contribution in [2.24, 2.45) is 11.5 Å². The Morgan fingerprint density at radius 1 is 1.67 bits per heavy atom. The summed E-state index contributed by atoms with van der Waals surface area (Å²) in [7, 11) is 0. The molecule has 1 heterocycles. The molecule has 0 spiro atoms. The lowest BCUT2D eigenvalue weighted by atomic mass is 10.2. The Balaban J connectivity index is 2.68. The van der Waals surface area contributed by atoms with Crippen LogP contribution in [0.1, 0.15) is 0 Å². The molecule has 1 aliphatic rings. The zero-order chi connectivity index (χ0) is 6.69. The van der Waals surface area contributed by atoms with Crippen molar-refractivity contribution in [3.63, 3.8) is 0 Å². The Hall–Kier alpha value is -0.960. The van der Waals surface area contributed by atoms with Gasteiger partial charge in [-0.2, -0.15) is 0 Å². The molecule has 0 saturated heterocycles. The second kappa shape index (κ2) is 2.55. The van der Waals surface area contributed by atoms with Crippen LogP contribution in [0, 0.1) is 0 Å². The molecule has 1 aliphatic heterocycles. The Bertz CT molecular complexity index is 158. The first kappa shape index (κ1) is 6.16. The van der Waals surface area contributed by atoms with Crippen LogP contribution in [-0.2, 0) is 0 Å². The summed E-state index contributed by atoms with van der Waals surface area (Å²) >= 11 is 0. The fourth-order valence-corrected chi connectivity index (χ4v) is 0.742. The standard InChI is InChI=1S/C6H11N3/c7-3-5-4-9-2-1-6(5)8/h1,4,9H,2-3,7-8H2. The smallest absolute Gasteiger partial charge is 0.0351 e. The predicted molar refractivity (Wildman–Crippen MR) is 37.4 cm³/mol. The zero-order valence-corrected chi connectivity index (χ0v) is 5.22. The molecule has 0 amide bonds. The van der Waals surface area contributed by atoms with E-state index in [4.69, 9.17) is 11.5 Å². The lowest BCUT2D eigenvalue weighted by Crippen LogP contribution is -2.21. The first-order valence-corrected chi connectivity index (χ1v) is 2.93. The van der Waals surface area contributed by atoms with Crippen LogP contribution in [0.4, 0.5) is 0 Å². The maximum Gasteiger partial charge on any atom is 0.0351 e. The third kappa shape index (κ3) is 1.23. The van der Waals surface area contributed by atoms with E-state index in [1.165, 1.54) is 0 Å². The minimum absolute atomic E-state index is 0.509. The molecule has 0 unspecified atom stereocenters. The van der Waals surface area contributed by atoms with E-state index in [9.17, 15) is 0 Å². The highest BCUT2D eigenvalue weighted by Crippen LogP contribution is 2.02. The van der Waals surface area contributed by atoms with Crippen LogP contribution >= 0.6 is 0 Å². The first-order chi connectivity index (χ1) is 4.34. The van der Waals surface area contributed by atoms with Crippen LogP contribution in [0.15, 0.2) is 23.5 Å². The number of hydrogen-bond acceptors (Lipinski definition) is 3. The third-order valence-corrected chi connectivity index (χ3v) is 1.31. The molecule has 0 radical (unpaired) electrons. The van der Waals surface area contributed by atoms with Crippen molar-refractivity contribution in [2.75, 3.05) is 13.1 Å². The van der Waals surface area contributed by atoms with Gasteiger partial charge in [-0.05, 0) is 6.08 Å². The van der Waals surface area contributed by atoms with Crippen LogP contribution in [0.25, 0.3) is 0 Å². The van der Waals surface area contributed by atoms with E-state index in [0.29, 0.717) is 6.54 Å². The summed E-state index contributed by atoms with van der Waals surface area (Å²) in [6.07, 6.45) is 3.78. The summed E-state index contributed by atoms with van der Waals surface area (Å²) in [5, 5.41) is 3.02. The molecule has 0 aromatic carbocycles. The minimum Gasteiger partial charge on any atom is -0.399 e. The van der Waals surface area contributed by atoms with Crippen LogP contribution in [-0.4, -0.2) is 13.1 Å². The van der Waals surface area contributed by atoms with Crippen molar-refractivity contribution in [3.8, 4) is 0 Å². The number of rotatable bonds is 1. The Kier molecular flexibility index (Phi) is 1.75. The summed E-state index contributed by atoms with van der Waals surface area (Å²) in [4.78, 5) is 0. The highest BCUT2D eigenvalue weighted by atomic mass is 14.8. The van der Waals surface area contributed by atoms with Crippen molar-refractivity contribution >= 4 is 0 Å². The molecule has 0 bridgehead atoms. The summed E-state index contributed by atoms with van der Waals surface area (Å²) in [6.45, 7) is 1.32. The molecule has 1 rings (SSSR count). The molecule has 50 valence electrons. The Morgan fingerprint density at radius 3 is 2.89 bits per heavy atom. The van der Waals surface area contributed by atoms with Crippen LogP contribution in [0.2, 0.25) is 0 Å². The molecule has 0 aromatic heterocycles. The molecule has 0 saturated carbocycles. The second-order valence-corrected chi connectivity index (χ2v) is 1.94. The molecule has 0 atom stereocenters. The van der Waals surface area contributed by atoms with Gasteiger partial charge in [0, 0.05) is 30.6 Å². The van der Waals surface area contributed by atoms with Gasteiger partial charge < -0.3 is 16.8 Å². The highest BCUT2D eigenvalue weighted by molar-refractivity contribution is 5.31.